The average molecular weight is 586 g/mol. The maximum absolute atomic E-state index is 13.7. The number of carbonyl (C=O) groups excluding carboxylic acids is 4. The summed E-state index contributed by atoms with van der Waals surface area (Å²) in [7, 11) is 2.49. The number of alkyl carbamates (subject to hydrolysis) is 1. The summed E-state index contributed by atoms with van der Waals surface area (Å²) in [5.74, 6) is -3.41. The molecule has 0 aromatic heterocycles. The Kier molecular flexibility index (Phi) is 7.47. The van der Waals surface area contributed by atoms with E-state index in [9.17, 15) is 39.6 Å². The van der Waals surface area contributed by atoms with Crippen LogP contribution in [0.3, 0.4) is 0 Å². The fraction of sp³-hybridized carbons (Fsp3) is 0.448. The van der Waals surface area contributed by atoms with Crippen LogP contribution in [0.5, 0.6) is 17.2 Å². The highest BCUT2D eigenvalue weighted by Gasteiger charge is 2.49. The molecule has 224 valence electrons. The molecule has 0 radical (unpaired) electrons. The molecule has 6 atom stereocenters. The lowest BCUT2D eigenvalue weighted by molar-refractivity contribution is -0.249. The molecule has 1 aliphatic heterocycles. The van der Waals surface area contributed by atoms with Crippen molar-refractivity contribution in [1.82, 2.24) is 5.32 Å². The number of Topliss-reactive ketones (excluding diaryl/α,β-unsaturated/α-hetero) is 1. The van der Waals surface area contributed by atoms with Crippen LogP contribution in [0.15, 0.2) is 18.2 Å². The number of amides is 1. The van der Waals surface area contributed by atoms with Gasteiger partial charge in [0.1, 0.15) is 29.0 Å². The molecule has 0 spiro atoms. The zero-order valence-corrected chi connectivity index (χ0v) is 23.3. The predicted molar refractivity (Wildman–Crippen MR) is 142 cm³/mol. The molecule has 2 aliphatic carbocycles. The van der Waals surface area contributed by atoms with Gasteiger partial charge >= 0.3 is 6.09 Å². The summed E-state index contributed by atoms with van der Waals surface area (Å²) in [6, 6.07) is 3.52. The number of phenols is 2. The number of aromatic hydroxyl groups is 2. The quantitative estimate of drug-likeness (QED) is 0.270. The Labute approximate surface area is 240 Å². The lowest BCUT2D eigenvalue weighted by atomic mass is 9.72. The molecule has 1 amide bonds. The number of rotatable bonds is 5. The number of phenolic OH excluding ortho intramolecular Hbond substituents is 2. The normalized spacial score (nSPS) is 28.3. The summed E-state index contributed by atoms with van der Waals surface area (Å²) >= 11 is 0. The van der Waals surface area contributed by atoms with E-state index in [1.54, 1.807) is 6.92 Å². The van der Waals surface area contributed by atoms with Crippen molar-refractivity contribution >= 4 is 23.4 Å². The first kappa shape index (κ1) is 29.5. The Morgan fingerprint density at radius 2 is 1.76 bits per heavy atom. The van der Waals surface area contributed by atoms with Crippen LogP contribution in [0.1, 0.15) is 75.8 Å². The number of ether oxygens (including phenoxy) is 4. The Bertz CT molecular complexity index is 1500. The average Bonchev–Trinajstić information content (AvgIpc) is 2.95. The van der Waals surface area contributed by atoms with Gasteiger partial charge in [-0.05, 0) is 19.9 Å². The van der Waals surface area contributed by atoms with E-state index < -0.39 is 95.2 Å². The van der Waals surface area contributed by atoms with Gasteiger partial charge in [0, 0.05) is 36.0 Å². The first-order chi connectivity index (χ1) is 19.8. The van der Waals surface area contributed by atoms with Crippen molar-refractivity contribution in [3.05, 3.63) is 51.6 Å². The molecule has 0 bridgehead atoms. The minimum absolute atomic E-state index is 0.0424. The van der Waals surface area contributed by atoms with Gasteiger partial charge in [-0.3, -0.25) is 14.4 Å². The second-order valence-corrected chi connectivity index (χ2v) is 10.7. The third-order valence-electron chi connectivity index (χ3n) is 8.24. The molecule has 1 saturated heterocycles. The van der Waals surface area contributed by atoms with Gasteiger partial charge in [-0.15, -0.1) is 0 Å². The molecule has 1 fully saturated rings. The van der Waals surface area contributed by atoms with Crippen LogP contribution in [0.4, 0.5) is 4.79 Å². The second kappa shape index (κ2) is 10.7. The van der Waals surface area contributed by atoms with Crippen molar-refractivity contribution in [2.75, 3.05) is 14.2 Å². The van der Waals surface area contributed by atoms with Gasteiger partial charge in [-0.1, -0.05) is 12.1 Å². The second-order valence-electron chi connectivity index (χ2n) is 10.7. The molecule has 1 heterocycles. The molecule has 0 saturated carbocycles. The van der Waals surface area contributed by atoms with E-state index in [1.807, 2.05) is 0 Å². The Morgan fingerprint density at radius 1 is 1.07 bits per heavy atom. The van der Waals surface area contributed by atoms with Crippen LogP contribution < -0.4 is 10.1 Å². The molecule has 5 rings (SSSR count). The smallest absolute Gasteiger partial charge is 0.407 e. The first-order valence-electron chi connectivity index (χ1n) is 13.3. The van der Waals surface area contributed by atoms with E-state index >= 15 is 0 Å². The minimum Gasteiger partial charge on any atom is -0.507 e. The van der Waals surface area contributed by atoms with Crippen molar-refractivity contribution in [3.8, 4) is 17.2 Å². The van der Waals surface area contributed by atoms with Crippen molar-refractivity contribution in [2.24, 2.45) is 0 Å². The monoisotopic (exact) mass is 585 g/mol. The maximum atomic E-state index is 13.7. The molecular weight excluding hydrogens is 554 g/mol. The van der Waals surface area contributed by atoms with Gasteiger partial charge in [0.25, 0.3) is 0 Å². The number of carbonyl (C=O) groups is 4. The van der Waals surface area contributed by atoms with Crippen LogP contribution >= 0.6 is 0 Å². The lowest BCUT2D eigenvalue weighted by Gasteiger charge is -2.42. The van der Waals surface area contributed by atoms with E-state index in [2.05, 4.69) is 10.1 Å². The number of aliphatic hydroxyl groups is 2. The number of ketones is 3. The fourth-order valence-electron chi connectivity index (χ4n) is 5.98. The molecule has 2 aromatic rings. The molecule has 5 N–H and O–H groups in total. The summed E-state index contributed by atoms with van der Waals surface area (Å²) in [6.07, 6.45) is -6.19. The minimum atomic E-state index is -2.07. The Hall–Kier alpha value is -4.04. The Morgan fingerprint density at radius 3 is 2.40 bits per heavy atom. The van der Waals surface area contributed by atoms with Crippen LogP contribution in [0.2, 0.25) is 0 Å². The van der Waals surface area contributed by atoms with E-state index in [-0.39, 0.29) is 34.4 Å². The molecule has 13 nitrogen and oxygen atoms in total. The molecule has 13 heteroatoms. The van der Waals surface area contributed by atoms with Gasteiger partial charge < -0.3 is 44.7 Å². The van der Waals surface area contributed by atoms with Gasteiger partial charge in [0.15, 0.2) is 17.9 Å². The maximum Gasteiger partial charge on any atom is 0.407 e. The van der Waals surface area contributed by atoms with Crippen molar-refractivity contribution in [1.29, 1.82) is 0 Å². The number of hydrogen-bond donors (Lipinski definition) is 5. The van der Waals surface area contributed by atoms with Gasteiger partial charge in [-0.25, -0.2) is 4.79 Å². The van der Waals surface area contributed by atoms with E-state index in [4.69, 9.17) is 14.2 Å². The molecule has 0 unspecified atom stereocenters. The number of benzene rings is 2. The summed E-state index contributed by atoms with van der Waals surface area (Å²) < 4.78 is 21.8. The van der Waals surface area contributed by atoms with Crippen LogP contribution in [-0.2, 0) is 25.4 Å². The summed E-state index contributed by atoms with van der Waals surface area (Å²) in [6.45, 7) is 2.70. The van der Waals surface area contributed by atoms with Crippen LogP contribution in [-0.4, -0.2) is 88.2 Å². The third kappa shape index (κ3) is 4.58. The number of fused-ring (bicyclic) bond motifs is 3. The van der Waals surface area contributed by atoms with Crippen molar-refractivity contribution in [3.63, 3.8) is 0 Å². The molecular formula is C29H31NO12. The van der Waals surface area contributed by atoms with Gasteiger partial charge in [0.05, 0.1) is 49.2 Å². The Balaban J connectivity index is 1.62. The first-order valence-corrected chi connectivity index (χ1v) is 13.3. The van der Waals surface area contributed by atoms with E-state index in [0.29, 0.717) is 0 Å². The van der Waals surface area contributed by atoms with Gasteiger partial charge in [0.2, 0.25) is 5.78 Å². The predicted octanol–water partition coefficient (Wildman–Crippen LogP) is 1.43. The summed E-state index contributed by atoms with van der Waals surface area (Å²) in [5, 5.41) is 47.3. The highest BCUT2D eigenvalue weighted by Crippen LogP contribution is 2.52. The lowest BCUT2D eigenvalue weighted by Crippen LogP contribution is -2.55. The highest BCUT2D eigenvalue weighted by atomic mass is 16.7. The number of hydrogen-bond acceptors (Lipinski definition) is 12. The summed E-state index contributed by atoms with van der Waals surface area (Å²) in [5.41, 5.74) is -3.36. The molecule has 2 aromatic carbocycles. The van der Waals surface area contributed by atoms with Crippen LogP contribution in [0.25, 0.3) is 0 Å². The largest absolute Gasteiger partial charge is 0.507 e. The summed E-state index contributed by atoms with van der Waals surface area (Å²) in [4.78, 5) is 51.7. The zero-order valence-electron chi connectivity index (χ0n) is 23.3. The molecule has 3 aliphatic rings. The zero-order chi connectivity index (χ0) is 30.7. The standard InChI is InChI=1S/C29H31NO12/c1-11-23(32)15(30-28(37)40-4)8-18(41-11)42-17-10-29(38,12(2)31)9-14-20(17)27(36)22-21(25(14)34)24(33)13-6-5-7-16(39-3)19(13)26(22)35/h5-7,11,15,17-18,23,32,34,36,38H,8-10H2,1-4H3,(H,30,37)/t11-,15-,17-,18+,23+,29-/m0/s1. The van der Waals surface area contributed by atoms with Gasteiger partial charge in [-0.2, -0.15) is 0 Å². The van der Waals surface area contributed by atoms with Crippen LogP contribution in [0, 0.1) is 0 Å². The van der Waals surface area contributed by atoms with E-state index in [0.717, 1.165) is 14.0 Å². The van der Waals surface area contributed by atoms with Crippen molar-refractivity contribution < 1.29 is 58.6 Å². The number of aliphatic hydroxyl groups excluding tert-OH is 1. The number of methoxy groups -OCH3 is 2. The SMILES string of the molecule is COC(=O)N[C@H]1C[C@@H](O[C@H]2C[C@](O)(C(C)=O)Cc3c(O)c4c(c(O)c32)C(=O)c2c(OC)cccc2C4=O)O[C@@H](C)[C@H]1O. The highest BCUT2D eigenvalue weighted by molar-refractivity contribution is 6.31. The van der Waals surface area contributed by atoms with Crippen molar-refractivity contribution in [2.45, 2.75) is 69.4 Å². The topological polar surface area (TPSA) is 198 Å². The number of nitrogens with one attached hydrogen (secondary N) is 1. The fourth-order valence-corrected chi connectivity index (χ4v) is 5.98. The molecule has 42 heavy (non-hydrogen) atoms. The third-order valence-corrected chi connectivity index (χ3v) is 8.24. The van der Waals surface area contributed by atoms with E-state index in [1.165, 1.54) is 25.3 Å².